The number of hydrogen-bond acceptors (Lipinski definition) is 8. The Hall–Kier alpha value is -3.73. The van der Waals surface area contributed by atoms with Gasteiger partial charge in [0.15, 0.2) is 4.34 Å². The molecule has 11 heteroatoms. The Kier molecular flexibility index (Phi) is 8.20. The lowest BCUT2D eigenvalue weighted by atomic mass is 9.95. The summed E-state index contributed by atoms with van der Waals surface area (Å²) in [6.45, 7) is 3.92. The van der Waals surface area contributed by atoms with Crippen molar-refractivity contribution in [1.29, 1.82) is 0 Å². The second-order valence-corrected chi connectivity index (χ2v) is 11.5. The molecule has 3 aromatic carbocycles. The van der Waals surface area contributed by atoms with Gasteiger partial charge in [0, 0.05) is 16.3 Å². The van der Waals surface area contributed by atoms with Crippen LogP contribution in [0.4, 0.5) is 9.52 Å². The molecule has 40 heavy (non-hydrogen) atoms. The van der Waals surface area contributed by atoms with E-state index in [-0.39, 0.29) is 16.3 Å². The highest BCUT2D eigenvalue weighted by atomic mass is 35.5. The summed E-state index contributed by atoms with van der Waals surface area (Å²) in [6.07, 6.45) is 0. The molecule has 0 aliphatic carbocycles. The Bertz CT molecular complexity index is 1620. The van der Waals surface area contributed by atoms with E-state index in [0.717, 1.165) is 23.0 Å². The molecule has 1 atom stereocenters. The molecule has 2 heterocycles. The van der Waals surface area contributed by atoms with Gasteiger partial charge in [-0.1, -0.05) is 77.2 Å². The van der Waals surface area contributed by atoms with Crippen LogP contribution in [0.5, 0.6) is 5.75 Å². The van der Waals surface area contributed by atoms with Crippen molar-refractivity contribution in [2.75, 3.05) is 11.5 Å². The number of halogens is 2. The quantitative estimate of drug-likeness (QED) is 0.0774. The molecule has 0 spiro atoms. The van der Waals surface area contributed by atoms with Gasteiger partial charge >= 0.3 is 5.91 Å². The lowest BCUT2D eigenvalue weighted by molar-refractivity contribution is -0.132. The molecule has 1 aliphatic rings. The molecule has 4 aromatic rings. The molecule has 0 bridgehead atoms. The average Bonchev–Trinajstić information content (AvgIpc) is 3.52. The number of rotatable bonds is 8. The van der Waals surface area contributed by atoms with Gasteiger partial charge in [-0.2, -0.15) is 0 Å². The van der Waals surface area contributed by atoms with Crippen LogP contribution >= 0.6 is 34.7 Å². The predicted molar refractivity (Wildman–Crippen MR) is 154 cm³/mol. The number of anilines is 1. The number of aryl methyl sites for hydroxylation is 1. The smallest absolute Gasteiger partial charge is 0.301 e. The van der Waals surface area contributed by atoms with Gasteiger partial charge in [0.1, 0.15) is 17.3 Å². The van der Waals surface area contributed by atoms with Gasteiger partial charge in [-0.25, -0.2) is 4.39 Å². The molecule has 1 fully saturated rings. The zero-order valence-corrected chi connectivity index (χ0v) is 23.8. The number of amides is 1. The number of aliphatic hydroxyl groups is 1. The van der Waals surface area contributed by atoms with Crippen molar-refractivity contribution in [3.05, 3.63) is 105 Å². The van der Waals surface area contributed by atoms with Crippen molar-refractivity contribution in [3.8, 4) is 5.75 Å². The SMILES string of the molecule is CCOc1ccc(C2/C(=C(\O)c3ccc(C)c(F)c3)C(=O)C(=O)N2c2nnc(SCc3ccccc3Cl)s2)cc1. The van der Waals surface area contributed by atoms with Crippen LogP contribution < -0.4 is 9.64 Å². The molecule has 5 rings (SSSR count). The maximum absolute atomic E-state index is 14.4. The number of ketones is 1. The first kappa shape index (κ1) is 27.8. The van der Waals surface area contributed by atoms with E-state index in [0.29, 0.717) is 38.6 Å². The summed E-state index contributed by atoms with van der Waals surface area (Å²) < 4.78 is 20.5. The Morgan fingerprint density at radius 2 is 1.88 bits per heavy atom. The Labute approximate surface area is 243 Å². The van der Waals surface area contributed by atoms with Gasteiger partial charge in [0.2, 0.25) is 5.13 Å². The number of benzene rings is 3. The molecule has 1 unspecified atom stereocenters. The molecule has 204 valence electrons. The zero-order chi connectivity index (χ0) is 28.4. The van der Waals surface area contributed by atoms with Crippen molar-refractivity contribution in [2.24, 2.45) is 0 Å². The summed E-state index contributed by atoms with van der Waals surface area (Å²) in [7, 11) is 0. The highest BCUT2D eigenvalue weighted by Crippen LogP contribution is 2.44. The van der Waals surface area contributed by atoms with Crippen molar-refractivity contribution in [1.82, 2.24) is 10.2 Å². The fourth-order valence-electron chi connectivity index (χ4n) is 4.27. The number of nitrogens with zero attached hydrogens (tertiary/aromatic N) is 3. The lowest BCUT2D eigenvalue weighted by Crippen LogP contribution is -2.29. The highest BCUT2D eigenvalue weighted by Gasteiger charge is 2.48. The fourth-order valence-corrected chi connectivity index (χ4v) is 6.42. The van der Waals surface area contributed by atoms with Gasteiger partial charge in [-0.15, -0.1) is 10.2 Å². The van der Waals surface area contributed by atoms with Crippen LogP contribution in [0, 0.1) is 12.7 Å². The van der Waals surface area contributed by atoms with Crippen LogP contribution in [-0.4, -0.2) is 33.6 Å². The van der Waals surface area contributed by atoms with E-state index in [1.807, 2.05) is 25.1 Å². The number of carbonyl (C=O) groups excluding carboxylic acids is 2. The monoisotopic (exact) mass is 595 g/mol. The minimum absolute atomic E-state index is 0.0882. The molecular formula is C29H23ClFN3O4S2. The Balaban J connectivity index is 1.55. The van der Waals surface area contributed by atoms with Gasteiger partial charge in [0.05, 0.1) is 18.2 Å². The number of Topliss-reactive ketones (excluding diaryl/α,β-unsaturated/α-hetero) is 1. The molecular weight excluding hydrogens is 573 g/mol. The number of hydrogen-bond donors (Lipinski definition) is 1. The standard InChI is InChI=1S/C29H23ClFN3O4S2/c1-3-38-20-12-10-17(11-13-20)24-23(25(35)18-9-8-16(2)22(31)14-18)26(36)27(37)34(24)28-32-33-29(40-28)39-15-19-6-4-5-7-21(19)30/h4-14,24,35H,3,15H2,1-2H3/b25-23+. The first-order valence-electron chi connectivity index (χ1n) is 12.3. The third-order valence-electron chi connectivity index (χ3n) is 6.31. The molecule has 1 saturated heterocycles. The second kappa shape index (κ2) is 11.8. The van der Waals surface area contributed by atoms with E-state index in [1.54, 1.807) is 37.3 Å². The van der Waals surface area contributed by atoms with Crippen LogP contribution in [0.2, 0.25) is 5.02 Å². The first-order chi connectivity index (χ1) is 19.3. The summed E-state index contributed by atoms with van der Waals surface area (Å²) in [6, 6.07) is 17.4. The van der Waals surface area contributed by atoms with Crippen LogP contribution in [0.15, 0.2) is 76.6 Å². The summed E-state index contributed by atoms with van der Waals surface area (Å²) >= 11 is 8.81. The van der Waals surface area contributed by atoms with Crippen LogP contribution in [-0.2, 0) is 15.3 Å². The summed E-state index contributed by atoms with van der Waals surface area (Å²) in [5, 5.41) is 20.5. The highest BCUT2D eigenvalue weighted by molar-refractivity contribution is 8.00. The molecule has 1 aliphatic heterocycles. The average molecular weight is 596 g/mol. The second-order valence-electron chi connectivity index (χ2n) is 8.87. The van der Waals surface area contributed by atoms with Gasteiger partial charge in [-0.05, 0) is 54.8 Å². The maximum Gasteiger partial charge on any atom is 0.301 e. The van der Waals surface area contributed by atoms with E-state index >= 15 is 0 Å². The van der Waals surface area contributed by atoms with E-state index in [4.69, 9.17) is 16.3 Å². The van der Waals surface area contributed by atoms with Crippen LogP contribution in [0.3, 0.4) is 0 Å². The minimum atomic E-state index is -1.02. The van der Waals surface area contributed by atoms with Gasteiger partial charge in [-0.3, -0.25) is 14.5 Å². The van der Waals surface area contributed by atoms with Crippen molar-refractivity contribution >= 4 is 57.3 Å². The van der Waals surface area contributed by atoms with Crippen molar-refractivity contribution in [3.63, 3.8) is 0 Å². The molecule has 0 radical (unpaired) electrons. The lowest BCUT2D eigenvalue weighted by Gasteiger charge is -2.22. The molecule has 1 N–H and O–H groups in total. The third-order valence-corrected chi connectivity index (χ3v) is 8.78. The van der Waals surface area contributed by atoms with E-state index < -0.39 is 29.3 Å². The molecule has 7 nitrogen and oxygen atoms in total. The van der Waals surface area contributed by atoms with Crippen LogP contribution in [0.1, 0.15) is 35.2 Å². The number of carbonyl (C=O) groups is 2. The van der Waals surface area contributed by atoms with Crippen molar-refractivity contribution < 1.29 is 23.8 Å². The van der Waals surface area contributed by atoms with Gasteiger partial charge in [0.25, 0.3) is 5.78 Å². The number of ether oxygens (including phenoxy) is 1. The number of aromatic nitrogens is 2. The van der Waals surface area contributed by atoms with E-state index in [9.17, 15) is 19.1 Å². The first-order valence-corrected chi connectivity index (χ1v) is 14.5. The van der Waals surface area contributed by atoms with Crippen molar-refractivity contribution in [2.45, 2.75) is 30.0 Å². The van der Waals surface area contributed by atoms with Crippen LogP contribution in [0.25, 0.3) is 5.76 Å². The molecule has 1 amide bonds. The molecule has 0 saturated carbocycles. The van der Waals surface area contributed by atoms with E-state index in [1.165, 1.54) is 28.8 Å². The predicted octanol–water partition coefficient (Wildman–Crippen LogP) is 6.96. The fraction of sp³-hybridized carbons (Fsp3) is 0.172. The summed E-state index contributed by atoms with van der Waals surface area (Å²) in [5.41, 5.74) is 1.77. The largest absolute Gasteiger partial charge is 0.507 e. The normalized spacial score (nSPS) is 16.5. The summed E-state index contributed by atoms with van der Waals surface area (Å²) in [4.78, 5) is 28.0. The summed E-state index contributed by atoms with van der Waals surface area (Å²) in [5.74, 6) is -1.65. The third kappa shape index (κ3) is 5.47. The zero-order valence-electron chi connectivity index (χ0n) is 21.4. The number of aliphatic hydroxyl groups excluding tert-OH is 1. The number of thioether (sulfide) groups is 1. The van der Waals surface area contributed by atoms with Gasteiger partial charge < -0.3 is 9.84 Å². The Morgan fingerprint density at radius 1 is 1.12 bits per heavy atom. The topological polar surface area (TPSA) is 92.6 Å². The maximum atomic E-state index is 14.4. The van der Waals surface area contributed by atoms with E-state index in [2.05, 4.69) is 10.2 Å². The Morgan fingerprint density at radius 3 is 2.58 bits per heavy atom. The minimum Gasteiger partial charge on any atom is -0.507 e. The molecule has 1 aromatic heterocycles.